The van der Waals surface area contributed by atoms with E-state index in [0.717, 1.165) is 19.3 Å². The van der Waals surface area contributed by atoms with E-state index in [2.05, 4.69) is 17.1 Å². The molecule has 168 valence electrons. The second-order valence-electron chi connectivity index (χ2n) is 7.82. The minimum Gasteiger partial charge on any atom is -0.496 e. The zero-order valence-corrected chi connectivity index (χ0v) is 19.2. The fraction of sp³-hybridized carbons (Fsp3) is 0.435. The van der Waals surface area contributed by atoms with Gasteiger partial charge in [-0.1, -0.05) is 25.5 Å². The van der Waals surface area contributed by atoms with Crippen LogP contribution in [0.25, 0.3) is 0 Å². The molecule has 0 spiro atoms. The number of hydrogen-bond acceptors (Lipinski definition) is 5. The lowest BCUT2D eigenvalue weighted by molar-refractivity contribution is 0.102. The Morgan fingerprint density at radius 1 is 1.06 bits per heavy atom. The third kappa shape index (κ3) is 5.64. The van der Waals surface area contributed by atoms with E-state index in [1.165, 1.54) is 35.2 Å². The van der Waals surface area contributed by atoms with Crippen molar-refractivity contribution in [3.63, 3.8) is 0 Å². The Bertz CT molecular complexity index is 998. The number of anilines is 1. The maximum atomic E-state index is 13.1. The lowest BCUT2D eigenvalue weighted by Gasteiger charge is -2.31. The third-order valence-corrected chi connectivity index (χ3v) is 7.44. The molecule has 0 bridgehead atoms. The van der Waals surface area contributed by atoms with Crippen LogP contribution >= 0.6 is 0 Å². The number of amides is 1. The first-order valence-electron chi connectivity index (χ1n) is 10.6. The maximum Gasteiger partial charge on any atom is 0.259 e. The van der Waals surface area contributed by atoms with Crippen molar-refractivity contribution < 1.29 is 17.9 Å². The molecular formula is C23H31N3O4S. The fourth-order valence-electron chi connectivity index (χ4n) is 3.54. The number of nitrogens with one attached hydrogen (secondary N) is 1. The van der Waals surface area contributed by atoms with Crippen molar-refractivity contribution in [2.24, 2.45) is 0 Å². The molecule has 1 amide bonds. The Morgan fingerprint density at radius 3 is 2.35 bits per heavy atom. The number of benzene rings is 2. The molecule has 0 unspecified atom stereocenters. The van der Waals surface area contributed by atoms with Crippen LogP contribution in [0.5, 0.6) is 5.75 Å². The van der Waals surface area contributed by atoms with E-state index in [1.54, 1.807) is 0 Å². The number of methoxy groups -OCH3 is 1. The van der Waals surface area contributed by atoms with E-state index in [1.807, 2.05) is 31.3 Å². The molecule has 7 nitrogen and oxygen atoms in total. The minimum absolute atomic E-state index is 0.0953. The van der Waals surface area contributed by atoms with Gasteiger partial charge in [-0.2, -0.15) is 4.31 Å². The minimum atomic E-state index is -3.68. The number of likely N-dealkylation sites (N-methyl/N-ethyl adjacent to an activating group) is 1. The molecule has 31 heavy (non-hydrogen) atoms. The second kappa shape index (κ2) is 10.3. The van der Waals surface area contributed by atoms with Gasteiger partial charge < -0.3 is 15.0 Å². The van der Waals surface area contributed by atoms with Gasteiger partial charge in [-0.3, -0.25) is 4.79 Å². The van der Waals surface area contributed by atoms with Gasteiger partial charge in [0.2, 0.25) is 10.0 Å². The van der Waals surface area contributed by atoms with Crippen LogP contribution in [0, 0.1) is 0 Å². The largest absolute Gasteiger partial charge is 0.496 e. The van der Waals surface area contributed by atoms with Gasteiger partial charge in [0.05, 0.1) is 17.6 Å². The highest BCUT2D eigenvalue weighted by molar-refractivity contribution is 7.89. The fourth-order valence-corrected chi connectivity index (χ4v) is 4.99. The average Bonchev–Trinajstić information content (AvgIpc) is 2.78. The number of sulfonamides is 1. The highest BCUT2D eigenvalue weighted by atomic mass is 32.2. The molecule has 0 aliphatic carbocycles. The van der Waals surface area contributed by atoms with E-state index in [-0.39, 0.29) is 10.5 Å². The second-order valence-corrected chi connectivity index (χ2v) is 9.76. The van der Waals surface area contributed by atoms with Gasteiger partial charge in [0, 0.05) is 31.9 Å². The number of unbranched alkanes of at least 4 members (excludes halogenated alkanes) is 1. The summed E-state index contributed by atoms with van der Waals surface area (Å²) in [4.78, 5) is 15.1. The SMILES string of the molecule is CCCCc1ccc(NC(=O)c2cc(S(=O)(=O)N3CCN(C)CC3)ccc2OC)cc1. The number of hydrogen-bond donors (Lipinski definition) is 1. The number of aryl methyl sites for hydroxylation is 1. The van der Waals surface area contributed by atoms with E-state index in [0.29, 0.717) is 37.6 Å². The number of rotatable bonds is 8. The molecule has 0 saturated carbocycles. The monoisotopic (exact) mass is 445 g/mol. The van der Waals surface area contributed by atoms with Crippen LogP contribution in [0.4, 0.5) is 5.69 Å². The van der Waals surface area contributed by atoms with E-state index >= 15 is 0 Å². The Hall–Kier alpha value is -2.42. The van der Waals surface area contributed by atoms with E-state index < -0.39 is 15.9 Å². The van der Waals surface area contributed by atoms with Gasteiger partial charge in [-0.25, -0.2) is 8.42 Å². The Balaban J connectivity index is 1.80. The molecule has 1 heterocycles. The first kappa shape index (κ1) is 23.2. The quantitative estimate of drug-likeness (QED) is 0.675. The molecule has 1 N–H and O–H groups in total. The normalized spacial score (nSPS) is 15.6. The molecule has 1 fully saturated rings. The predicted molar refractivity (Wildman–Crippen MR) is 122 cm³/mol. The molecule has 1 aliphatic rings. The van der Waals surface area contributed by atoms with Crippen LogP contribution in [-0.2, 0) is 16.4 Å². The first-order valence-corrected chi connectivity index (χ1v) is 12.1. The zero-order chi connectivity index (χ0) is 22.4. The van der Waals surface area contributed by atoms with Crippen LogP contribution in [0.3, 0.4) is 0 Å². The highest BCUT2D eigenvalue weighted by Gasteiger charge is 2.29. The van der Waals surface area contributed by atoms with Crippen molar-refractivity contribution in [3.05, 3.63) is 53.6 Å². The van der Waals surface area contributed by atoms with Crippen LogP contribution in [0.15, 0.2) is 47.4 Å². The molecule has 1 aliphatic heterocycles. The summed E-state index contributed by atoms with van der Waals surface area (Å²) in [6.07, 6.45) is 3.26. The average molecular weight is 446 g/mol. The van der Waals surface area contributed by atoms with Gasteiger partial charge in [-0.05, 0) is 55.8 Å². The number of carbonyl (C=O) groups excluding carboxylic acids is 1. The maximum absolute atomic E-state index is 13.1. The van der Waals surface area contributed by atoms with Gasteiger partial charge >= 0.3 is 0 Å². The summed E-state index contributed by atoms with van der Waals surface area (Å²) in [5, 5.41) is 2.85. The number of piperazine rings is 1. The third-order valence-electron chi connectivity index (χ3n) is 5.55. The lowest BCUT2D eigenvalue weighted by Crippen LogP contribution is -2.47. The summed E-state index contributed by atoms with van der Waals surface area (Å²) in [7, 11) is -0.253. The van der Waals surface area contributed by atoms with Crippen LogP contribution in [-0.4, -0.2) is 63.9 Å². The topological polar surface area (TPSA) is 79.0 Å². The van der Waals surface area contributed by atoms with Crippen molar-refractivity contribution in [2.45, 2.75) is 31.1 Å². The van der Waals surface area contributed by atoms with Gasteiger partial charge in [0.15, 0.2) is 0 Å². The van der Waals surface area contributed by atoms with Crippen molar-refractivity contribution in [1.29, 1.82) is 0 Å². The van der Waals surface area contributed by atoms with Crippen LogP contribution < -0.4 is 10.1 Å². The van der Waals surface area contributed by atoms with Gasteiger partial charge in [0.25, 0.3) is 5.91 Å². The Kier molecular flexibility index (Phi) is 7.69. The van der Waals surface area contributed by atoms with Crippen molar-refractivity contribution in [3.8, 4) is 5.75 Å². The molecule has 2 aromatic carbocycles. The predicted octanol–water partition coefficient (Wildman–Crippen LogP) is 3.23. The molecule has 0 aromatic heterocycles. The summed E-state index contributed by atoms with van der Waals surface area (Å²) < 4.78 is 33.0. The number of ether oxygens (including phenoxy) is 1. The van der Waals surface area contributed by atoms with Crippen LogP contribution in [0.2, 0.25) is 0 Å². The number of carbonyl (C=O) groups is 1. The standard InChI is InChI=1S/C23H31N3O4S/c1-4-5-6-18-7-9-19(10-8-18)24-23(27)21-17-20(11-12-22(21)30-3)31(28,29)26-15-13-25(2)14-16-26/h7-12,17H,4-6,13-16H2,1-3H3,(H,24,27). The molecule has 3 rings (SSSR count). The molecule has 0 atom stereocenters. The summed E-state index contributed by atoms with van der Waals surface area (Å²) in [6, 6.07) is 12.1. The van der Waals surface area contributed by atoms with E-state index in [4.69, 9.17) is 4.74 Å². The van der Waals surface area contributed by atoms with Gasteiger partial charge in [0.1, 0.15) is 5.75 Å². The molecular weight excluding hydrogens is 414 g/mol. The van der Waals surface area contributed by atoms with Crippen LogP contribution in [0.1, 0.15) is 35.7 Å². The van der Waals surface area contributed by atoms with Gasteiger partial charge in [-0.15, -0.1) is 0 Å². The van der Waals surface area contributed by atoms with E-state index in [9.17, 15) is 13.2 Å². The highest BCUT2D eigenvalue weighted by Crippen LogP contribution is 2.26. The molecule has 8 heteroatoms. The smallest absolute Gasteiger partial charge is 0.259 e. The lowest BCUT2D eigenvalue weighted by atomic mass is 10.1. The van der Waals surface area contributed by atoms with Crippen molar-refractivity contribution in [1.82, 2.24) is 9.21 Å². The summed E-state index contributed by atoms with van der Waals surface area (Å²) in [6.45, 7) is 4.36. The number of nitrogens with zero attached hydrogens (tertiary/aromatic N) is 2. The summed E-state index contributed by atoms with van der Waals surface area (Å²) in [5.41, 5.74) is 2.06. The molecule has 2 aromatic rings. The Labute approximate surface area is 185 Å². The van der Waals surface area contributed by atoms with Crippen molar-refractivity contribution >= 4 is 21.6 Å². The zero-order valence-electron chi connectivity index (χ0n) is 18.4. The molecule has 0 radical (unpaired) electrons. The molecule has 1 saturated heterocycles. The van der Waals surface area contributed by atoms with Crippen molar-refractivity contribution in [2.75, 3.05) is 45.7 Å². The summed E-state index contributed by atoms with van der Waals surface area (Å²) >= 11 is 0. The first-order chi connectivity index (χ1) is 14.8. The Morgan fingerprint density at radius 2 is 1.74 bits per heavy atom. The summed E-state index contributed by atoms with van der Waals surface area (Å²) in [5.74, 6) is -0.0806.